The first-order chi connectivity index (χ1) is 12.8. The first kappa shape index (κ1) is 18.8. The van der Waals surface area contributed by atoms with Gasteiger partial charge in [0.05, 0.1) is 25.4 Å². The van der Waals surface area contributed by atoms with Gasteiger partial charge in [0.2, 0.25) is 5.89 Å². The number of rotatable bonds is 7. The van der Waals surface area contributed by atoms with Gasteiger partial charge >= 0.3 is 5.69 Å². The molecule has 0 amide bonds. The number of nitrogens with one attached hydrogen (secondary N) is 1. The van der Waals surface area contributed by atoms with Crippen LogP contribution in [0.3, 0.4) is 0 Å². The minimum Gasteiger partial charge on any atom is -0.500 e. The van der Waals surface area contributed by atoms with Gasteiger partial charge in [0.25, 0.3) is 5.56 Å². The van der Waals surface area contributed by atoms with Crippen LogP contribution in [0.4, 0.5) is 0 Å². The van der Waals surface area contributed by atoms with Gasteiger partial charge in [0, 0.05) is 8.07 Å². The summed E-state index contributed by atoms with van der Waals surface area (Å²) in [7, 11) is -1.20. The Bertz CT molecular complexity index is 1080. The summed E-state index contributed by atoms with van der Waals surface area (Å²) in [5.74, 6) is 0.601. The first-order valence-electron chi connectivity index (χ1n) is 8.52. The van der Waals surface area contributed by atoms with Crippen molar-refractivity contribution in [3.8, 4) is 0 Å². The van der Waals surface area contributed by atoms with Crippen molar-refractivity contribution in [1.29, 1.82) is 0 Å². The lowest BCUT2D eigenvalue weighted by atomic mass is 10.5. The minimum absolute atomic E-state index is 0.127. The molecule has 3 aromatic rings. The second-order valence-corrected chi connectivity index (χ2v) is 13.0. The van der Waals surface area contributed by atoms with Gasteiger partial charge in [-0.2, -0.15) is 4.98 Å². The highest BCUT2D eigenvalue weighted by Crippen LogP contribution is 2.08. The van der Waals surface area contributed by atoms with E-state index in [1.807, 2.05) is 0 Å². The molecule has 3 aromatic heterocycles. The maximum absolute atomic E-state index is 12.8. The fraction of sp³-hybridized carbons (Fsp3) is 0.438. The molecule has 27 heavy (non-hydrogen) atoms. The summed E-state index contributed by atoms with van der Waals surface area (Å²) in [6.07, 6.45) is 4.27. The van der Waals surface area contributed by atoms with E-state index in [2.05, 4.69) is 39.7 Å². The summed E-state index contributed by atoms with van der Waals surface area (Å²) in [5.41, 5.74) is -0.640. The number of H-pyrrole nitrogens is 1. The van der Waals surface area contributed by atoms with Crippen molar-refractivity contribution in [2.24, 2.45) is 0 Å². The standard InChI is InChI=1S/C16H22N6O4Si/c1-11-19-12(26-20-11)9-22-15(23)13-14(18-10-17-13)21(16(22)24)5-6-25-7-8-27(2,3)4/h5-6,10H,7-9H2,1-4H3,(H,17,18). The summed E-state index contributed by atoms with van der Waals surface area (Å²) in [5, 5.41) is 3.68. The highest BCUT2D eigenvalue weighted by atomic mass is 28.3. The summed E-state index contributed by atoms with van der Waals surface area (Å²) in [6.45, 7) is 8.88. The summed E-state index contributed by atoms with van der Waals surface area (Å²) in [6, 6.07) is 1.00. The van der Waals surface area contributed by atoms with E-state index in [0.717, 1.165) is 10.6 Å². The van der Waals surface area contributed by atoms with E-state index < -0.39 is 19.3 Å². The second kappa shape index (κ2) is 7.35. The van der Waals surface area contributed by atoms with E-state index in [0.29, 0.717) is 12.4 Å². The third-order valence-electron chi connectivity index (χ3n) is 3.88. The Morgan fingerprint density at radius 3 is 2.78 bits per heavy atom. The fourth-order valence-corrected chi connectivity index (χ4v) is 3.15. The number of hydrogen-bond donors (Lipinski definition) is 1. The molecular weight excluding hydrogens is 368 g/mol. The summed E-state index contributed by atoms with van der Waals surface area (Å²) in [4.78, 5) is 36.3. The van der Waals surface area contributed by atoms with Crippen molar-refractivity contribution in [3.05, 3.63) is 45.1 Å². The van der Waals surface area contributed by atoms with E-state index in [1.54, 1.807) is 6.92 Å². The number of aryl methyl sites for hydroxylation is 1. The van der Waals surface area contributed by atoms with E-state index in [9.17, 15) is 9.59 Å². The number of nitrogens with zero attached hydrogens (tertiary/aromatic N) is 5. The predicted molar refractivity (Wildman–Crippen MR) is 102 cm³/mol. The zero-order chi connectivity index (χ0) is 19.6. The highest BCUT2D eigenvalue weighted by Gasteiger charge is 2.16. The number of hydrogen-bond acceptors (Lipinski definition) is 7. The van der Waals surface area contributed by atoms with E-state index >= 15 is 0 Å². The third-order valence-corrected chi connectivity index (χ3v) is 5.59. The van der Waals surface area contributed by atoms with E-state index in [4.69, 9.17) is 9.26 Å². The number of ether oxygens (including phenoxy) is 1. The molecule has 0 aliphatic rings. The summed E-state index contributed by atoms with van der Waals surface area (Å²) < 4.78 is 12.8. The fourth-order valence-electron chi connectivity index (χ4n) is 2.42. The molecule has 0 aromatic carbocycles. The lowest BCUT2D eigenvalue weighted by Gasteiger charge is -2.14. The number of imidazole rings is 1. The third kappa shape index (κ3) is 4.24. The maximum atomic E-state index is 12.8. The number of aromatic amines is 1. The normalized spacial score (nSPS) is 12.3. The molecule has 0 atom stereocenters. The van der Waals surface area contributed by atoms with Crippen LogP contribution >= 0.6 is 0 Å². The lowest BCUT2D eigenvalue weighted by Crippen LogP contribution is -2.39. The van der Waals surface area contributed by atoms with Crippen LogP contribution in [-0.2, 0) is 11.3 Å². The van der Waals surface area contributed by atoms with Crippen LogP contribution in [0, 0.1) is 6.92 Å². The zero-order valence-electron chi connectivity index (χ0n) is 15.7. The molecule has 0 aliphatic carbocycles. The quantitative estimate of drug-likeness (QED) is 0.368. The zero-order valence-corrected chi connectivity index (χ0v) is 16.7. The van der Waals surface area contributed by atoms with Crippen molar-refractivity contribution in [2.45, 2.75) is 39.2 Å². The van der Waals surface area contributed by atoms with Crippen LogP contribution in [0.25, 0.3) is 17.4 Å². The smallest absolute Gasteiger partial charge is 0.337 e. The molecule has 0 spiro atoms. The van der Waals surface area contributed by atoms with Crippen molar-refractivity contribution >= 4 is 25.4 Å². The van der Waals surface area contributed by atoms with Crippen LogP contribution in [0.5, 0.6) is 0 Å². The van der Waals surface area contributed by atoms with Gasteiger partial charge in [0.15, 0.2) is 11.5 Å². The Morgan fingerprint density at radius 2 is 2.11 bits per heavy atom. The molecule has 11 heteroatoms. The van der Waals surface area contributed by atoms with Crippen molar-refractivity contribution in [1.82, 2.24) is 29.2 Å². The molecule has 144 valence electrons. The van der Waals surface area contributed by atoms with Crippen LogP contribution < -0.4 is 11.2 Å². The SMILES string of the molecule is Cc1noc(Cn2c(=O)c3[nH]cnc3n(C=COCC[Si](C)(C)C)c2=O)n1. The first-order valence-corrected chi connectivity index (χ1v) is 12.2. The van der Waals surface area contributed by atoms with Crippen LogP contribution in [0.2, 0.25) is 25.7 Å². The maximum Gasteiger partial charge on any atom is 0.337 e. The molecule has 0 saturated carbocycles. The molecule has 1 N–H and O–H groups in total. The molecule has 0 radical (unpaired) electrons. The van der Waals surface area contributed by atoms with E-state index in [-0.39, 0.29) is 23.6 Å². The van der Waals surface area contributed by atoms with Gasteiger partial charge in [-0.1, -0.05) is 24.8 Å². The molecule has 3 rings (SSSR count). The second-order valence-electron chi connectivity index (χ2n) is 7.35. The summed E-state index contributed by atoms with van der Waals surface area (Å²) >= 11 is 0. The van der Waals surface area contributed by atoms with Crippen LogP contribution in [0.15, 0.2) is 26.7 Å². The molecule has 0 bridgehead atoms. The average molecular weight is 390 g/mol. The molecule has 0 saturated heterocycles. The predicted octanol–water partition coefficient (Wildman–Crippen LogP) is 1.41. The highest BCUT2D eigenvalue weighted by molar-refractivity contribution is 6.76. The number of fused-ring (bicyclic) bond motifs is 1. The molecule has 3 heterocycles. The Balaban J connectivity index is 1.93. The Morgan fingerprint density at radius 1 is 1.33 bits per heavy atom. The van der Waals surface area contributed by atoms with Gasteiger partial charge in [-0.3, -0.25) is 4.79 Å². The Kier molecular flexibility index (Phi) is 5.12. The Labute approximate surface area is 155 Å². The van der Waals surface area contributed by atoms with Gasteiger partial charge in [-0.05, 0) is 13.0 Å². The molecule has 0 fully saturated rings. The van der Waals surface area contributed by atoms with Crippen LogP contribution in [0.1, 0.15) is 11.7 Å². The van der Waals surface area contributed by atoms with E-state index in [1.165, 1.54) is 23.4 Å². The molecule has 0 aliphatic heterocycles. The molecular formula is C16H22N6O4Si. The average Bonchev–Trinajstić information content (AvgIpc) is 3.22. The van der Waals surface area contributed by atoms with Gasteiger partial charge in [0.1, 0.15) is 12.1 Å². The van der Waals surface area contributed by atoms with Gasteiger partial charge in [-0.15, -0.1) is 0 Å². The number of aromatic nitrogens is 6. The Hall–Kier alpha value is -2.95. The monoisotopic (exact) mass is 390 g/mol. The lowest BCUT2D eigenvalue weighted by molar-refractivity contribution is 0.269. The van der Waals surface area contributed by atoms with Crippen molar-refractivity contribution in [3.63, 3.8) is 0 Å². The van der Waals surface area contributed by atoms with Crippen molar-refractivity contribution < 1.29 is 9.26 Å². The largest absolute Gasteiger partial charge is 0.500 e. The minimum atomic E-state index is -1.20. The van der Waals surface area contributed by atoms with Crippen molar-refractivity contribution in [2.75, 3.05) is 6.61 Å². The van der Waals surface area contributed by atoms with Gasteiger partial charge < -0.3 is 14.2 Å². The van der Waals surface area contributed by atoms with Crippen LogP contribution in [-0.4, -0.2) is 43.9 Å². The topological polar surface area (TPSA) is 121 Å². The van der Waals surface area contributed by atoms with Gasteiger partial charge in [-0.25, -0.2) is 18.9 Å². The molecule has 10 nitrogen and oxygen atoms in total. The molecule has 0 unspecified atom stereocenters.